The standard InChI is InChI=1S/C126H84N6O/c1-9-35-85(36-10-1)105-73-106(86-37-11-2-12-38-86)78-113(77-105)93-51-29-57-99(67-93)121-127-122(100-58-30-52-94(68-100)114-79-107(87-39-13-3-14-40-87)74-108(80-114)88-41-15-4-16-42-88)130-125(129-121)103-61-33-55-97(71-103)117-63-25-27-65-119(117)133-120-66-28-26-64-118(120)98-56-34-62-104(72-98)126-131-123(101-59-31-53-95(69-101)115-81-109(89-43-17-5-18-44-89)75-110(82-115)90-45-19-6-20-46-90)128-124(132-126)102-60-32-54-96(70-102)116-83-111(91-47-21-7-22-48-91)76-112(84-116)92-49-23-8-24-50-92/h1-84H. The van der Waals surface area contributed by atoms with E-state index in [0.717, 1.165) is 189 Å². The molecule has 0 saturated heterocycles. The summed E-state index contributed by atoms with van der Waals surface area (Å²) in [5, 5.41) is 0. The first-order valence-corrected chi connectivity index (χ1v) is 44.9. The topological polar surface area (TPSA) is 86.6 Å². The number of hydrogen-bond acceptors (Lipinski definition) is 7. The number of nitrogens with zero attached hydrogens (tertiary/aromatic N) is 6. The zero-order valence-electron chi connectivity index (χ0n) is 72.6. The Morgan fingerprint density at radius 2 is 0.226 bits per heavy atom. The molecule has 0 aliphatic rings. The van der Waals surface area contributed by atoms with Gasteiger partial charge in [-0.15, -0.1) is 0 Å². The Bertz CT molecular complexity index is 6910. The lowest BCUT2D eigenvalue weighted by Gasteiger charge is -2.16. The van der Waals surface area contributed by atoms with E-state index < -0.39 is 0 Å². The molecule has 0 bridgehead atoms. The molecule has 2 aromatic heterocycles. The second-order valence-corrected chi connectivity index (χ2v) is 33.3. The molecular formula is C126H84N6O. The number of hydrogen-bond donors (Lipinski definition) is 0. The molecule has 0 unspecified atom stereocenters. The fourth-order valence-electron chi connectivity index (χ4n) is 17.8. The van der Waals surface area contributed by atoms with Crippen LogP contribution in [0.15, 0.2) is 510 Å². The van der Waals surface area contributed by atoms with E-state index >= 15 is 0 Å². The molecule has 0 amide bonds. The van der Waals surface area contributed by atoms with Gasteiger partial charge in [-0.25, -0.2) is 29.9 Å². The minimum Gasteiger partial charge on any atom is -0.456 e. The molecule has 0 aliphatic carbocycles. The smallest absolute Gasteiger partial charge is 0.164 e. The Hall–Kier alpha value is -17.8. The fourth-order valence-corrected chi connectivity index (χ4v) is 17.8. The zero-order valence-corrected chi connectivity index (χ0v) is 72.6. The maximum absolute atomic E-state index is 7.32. The summed E-state index contributed by atoms with van der Waals surface area (Å²) in [7, 11) is 0. The molecule has 7 heteroatoms. The minimum atomic E-state index is 0.514. The number of para-hydroxylation sites is 2. The van der Waals surface area contributed by atoms with Crippen molar-refractivity contribution in [2.45, 2.75) is 0 Å². The van der Waals surface area contributed by atoms with Crippen molar-refractivity contribution < 1.29 is 4.74 Å². The van der Waals surface area contributed by atoms with Crippen molar-refractivity contribution in [3.05, 3.63) is 510 Å². The first-order valence-electron chi connectivity index (χ1n) is 44.9. The molecule has 2 heterocycles. The molecule has 20 aromatic carbocycles. The molecule has 624 valence electrons. The van der Waals surface area contributed by atoms with Crippen LogP contribution >= 0.6 is 0 Å². The van der Waals surface area contributed by atoms with Crippen molar-refractivity contribution in [1.82, 2.24) is 29.9 Å². The summed E-state index contributed by atoms with van der Waals surface area (Å²) in [5.41, 5.74) is 35.0. The van der Waals surface area contributed by atoms with Crippen LogP contribution in [0.25, 0.3) is 224 Å². The maximum atomic E-state index is 7.32. The van der Waals surface area contributed by atoms with Crippen LogP contribution in [-0.2, 0) is 0 Å². The number of aromatic nitrogens is 6. The van der Waals surface area contributed by atoms with Crippen LogP contribution in [0.2, 0.25) is 0 Å². The lowest BCUT2D eigenvalue weighted by atomic mass is 9.92. The van der Waals surface area contributed by atoms with Gasteiger partial charge in [0.25, 0.3) is 0 Å². The largest absolute Gasteiger partial charge is 0.456 e. The third-order valence-corrected chi connectivity index (χ3v) is 24.5. The van der Waals surface area contributed by atoms with E-state index in [0.29, 0.717) is 46.4 Å². The summed E-state index contributed by atoms with van der Waals surface area (Å²) in [6.07, 6.45) is 0. The van der Waals surface area contributed by atoms with Gasteiger partial charge in [0.1, 0.15) is 11.5 Å². The number of benzene rings is 20. The Kier molecular flexibility index (Phi) is 22.5. The van der Waals surface area contributed by atoms with Crippen molar-refractivity contribution in [1.29, 1.82) is 0 Å². The Balaban J connectivity index is 0.631. The first kappa shape index (κ1) is 81.0. The van der Waals surface area contributed by atoms with Gasteiger partial charge in [0.05, 0.1) is 0 Å². The van der Waals surface area contributed by atoms with Crippen LogP contribution < -0.4 is 4.74 Å². The van der Waals surface area contributed by atoms with Crippen molar-refractivity contribution in [2.24, 2.45) is 0 Å². The van der Waals surface area contributed by atoms with E-state index in [1.807, 2.05) is 24.3 Å². The molecular weight excluding hydrogens is 1610 g/mol. The van der Waals surface area contributed by atoms with Crippen molar-refractivity contribution >= 4 is 0 Å². The summed E-state index contributed by atoms with van der Waals surface area (Å²) < 4.78 is 7.32. The predicted molar refractivity (Wildman–Crippen MR) is 548 cm³/mol. The average Bonchev–Trinajstić information content (AvgIpc) is 0.794. The molecule has 7 nitrogen and oxygen atoms in total. The molecule has 0 N–H and O–H groups in total. The van der Waals surface area contributed by atoms with Gasteiger partial charge in [-0.05, 0) is 266 Å². The van der Waals surface area contributed by atoms with Crippen molar-refractivity contribution in [3.8, 4) is 236 Å². The minimum absolute atomic E-state index is 0.514. The van der Waals surface area contributed by atoms with Gasteiger partial charge in [-0.1, -0.05) is 388 Å². The van der Waals surface area contributed by atoms with E-state index in [-0.39, 0.29) is 0 Å². The van der Waals surface area contributed by atoms with Crippen molar-refractivity contribution in [3.63, 3.8) is 0 Å². The van der Waals surface area contributed by atoms with E-state index in [4.69, 9.17) is 34.6 Å². The lowest BCUT2D eigenvalue weighted by molar-refractivity contribution is 0.486. The zero-order chi connectivity index (χ0) is 88.6. The molecule has 0 aliphatic heterocycles. The van der Waals surface area contributed by atoms with Crippen LogP contribution in [0.4, 0.5) is 0 Å². The van der Waals surface area contributed by atoms with Crippen LogP contribution in [-0.4, -0.2) is 29.9 Å². The Morgan fingerprint density at radius 3 is 0.414 bits per heavy atom. The number of ether oxygens (including phenoxy) is 1. The second kappa shape index (κ2) is 36.9. The molecule has 0 spiro atoms. The molecule has 22 rings (SSSR count). The molecule has 0 saturated carbocycles. The lowest BCUT2D eigenvalue weighted by Crippen LogP contribution is -2.01. The van der Waals surface area contributed by atoms with Crippen LogP contribution in [0.3, 0.4) is 0 Å². The third kappa shape index (κ3) is 17.8. The van der Waals surface area contributed by atoms with Crippen LogP contribution in [0, 0.1) is 0 Å². The Labute approximate surface area is 774 Å². The predicted octanol–water partition coefficient (Wildman–Crippen LogP) is 33.2. The highest BCUT2D eigenvalue weighted by atomic mass is 16.5. The van der Waals surface area contributed by atoms with E-state index in [2.05, 4.69) is 485 Å². The SMILES string of the molecule is c1ccc(-c2cc(-c3ccccc3)cc(-c3cccc(-c4nc(-c5cccc(-c6cc(-c7ccccc7)cc(-c7ccccc7)c6)c5)nc(-c5cccc(-c6ccccc6Oc6ccccc6-c6cccc(-c7nc(-c8cccc(-c9cc(-c%10ccccc%10)cc(-c%10ccccc%10)c9)c8)nc(-c8cccc(-c9cc(-c%10ccccc%10)cc(-c%10ccccc%10)c9)c8)n7)c6)c5)n4)c3)c2)cc1. The fraction of sp³-hybridized carbons (Fsp3) is 0. The quantitative estimate of drug-likeness (QED) is 0.0668. The average molecular weight is 1700 g/mol. The summed E-state index contributed by atoms with van der Waals surface area (Å²) in [5.74, 6) is 4.49. The number of rotatable bonds is 22. The van der Waals surface area contributed by atoms with Crippen molar-refractivity contribution in [2.75, 3.05) is 0 Å². The highest BCUT2D eigenvalue weighted by Gasteiger charge is 2.23. The first-order chi connectivity index (χ1) is 65.8. The Morgan fingerprint density at radius 1 is 0.0977 bits per heavy atom. The van der Waals surface area contributed by atoms with Gasteiger partial charge in [-0.2, -0.15) is 0 Å². The summed E-state index contributed by atoms with van der Waals surface area (Å²) in [6.45, 7) is 0. The monoisotopic (exact) mass is 1700 g/mol. The van der Waals surface area contributed by atoms with Gasteiger partial charge in [0.15, 0.2) is 34.9 Å². The highest BCUT2D eigenvalue weighted by Crippen LogP contribution is 2.45. The highest BCUT2D eigenvalue weighted by molar-refractivity contribution is 5.90. The van der Waals surface area contributed by atoms with Gasteiger partial charge < -0.3 is 4.74 Å². The molecule has 22 aromatic rings. The van der Waals surface area contributed by atoms with Gasteiger partial charge in [-0.3, -0.25) is 0 Å². The summed E-state index contributed by atoms with van der Waals surface area (Å²) in [4.78, 5) is 32.9. The normalized spacial score (nSPS) is 11.2. The van der Waals surface area contributed by atoms with Gasteiger partial charge in [0.2, 0.25) is 0 Å². The van der Waals surface area contributed by atoms with Gasteiger partial charge >= 0.3 is 0 Å². The summed E-state index contributed by atoms with van der Waals surface area (Å²) >= 11 is 0. The summed E-state index contributed by atoms with van der Waals surface area (Å²) in [6, 6.07) is 180. The molecule has 133 heavy (non-hydrogen) atoms. The second-order valence-electron chi connectivity index (χ2n) is 33.3. The van der Waals surface area contributed by atoms with Crippen LogP contribution in [0.1, 0.15) is 0 Å². The molecule has 0 atom stereocenters. The van der Waals surface area contributed by atoms with E-state index in [1.54, 1.807) is 0 Å². The third-order valence-electron chi connectivity index (χ3n) is 24.5. The molecule has 0 fully saturated rings. The molecule has 0 radical (unpaired) electrons. The van der Waals surface area contributed by atoms with Crippen LogP contribution in [0.5, 0.6) is 11.5 Å². The van der Waals surface area contributed by atoms with E-state index in [9.17, 15) is 0 Å². The van der Waals surface area contributed by atoms with E-state index in [1.165, 1.54) is 0 Å². The maximum Gasteiger partial charge on any atom is 0.164 e. The van der Waals surface area contributed by atoms with Gasteiger partial charge in [0, 0.05) is 44.5 Å².